The summed E-state index contributed by atoms with van der Waals surface area (Å²) in [5.74, 6) is -0.957. The van der Waals surface area contributed by atoms with Gasteiger partial charge in [0.15, 0.2) is 5.69 Å². The van der Waals surface area contributed by atoms with Gasteiger partial charge in [0.05, 0.1) is 6.04 Å². The molecule has 1 aliphatic heterocycles. The van der Waals surface area contributed by atoms with Gasteiger partial charge < -0.3 is 14.8 Å². The van der Waals surface area contributed by atoms with Crippen LogP contribution in [0.2, 0.25) is 0 Å². The monoisotopic (exact) mass is 473 g/mol. The van der Waals surface area contributed by atoms with E-state index in [-0.39, 0.29) is 29.9 Å². The normalized spacial score (nSPS) is 16.1. The van der Waals surface area contributed by atoms with E-state index in [1.165, 1.54) is 44.1 Å². The first kappa shape index (κ1) is 25.9. The minimum Gasteiger partial charge on any atom is -0.481 e. The van der Waals surface area contributed by atoms with Gasteiger partial charge in [0.25, 0.3) is 5.91 Å². The molecule has 2 N–H and O–H groups in total. The van der Waals surface area contributed by atoms with Gasteiger partial charge in [-0.15, -0.1) is 0 Å². The van der Waals surface area contributed by atoms with E-state index in [2.05, 4.69) is 22.1 Å². The maximum Gasteiger partial charge on any atom is 0.303 e. The largest absolute Gasteiger partial charge is 0.481 e. The predicted octanol–water partition coefficient (Wildman–Crippen LogP) is 5.26. The number of carboxylic acid groups (broad SMARTS) is 1. The number of halogens is 1. The molecule has 1 aliphatic rings. The van der Waals surface area contributed by atoms with Crippen LogP contribution in [-0.2, 0) is 17.8 Å². The average Bonchev–Trinajstić information content (AvgIpc) is 3.47. The number of amides is 1. The second kappa shape index (κ2) is 13.2. The summed E-state index contributed by atoms with van der Waals surface area (Å²) in [6.45, 7) is 4.08. The molecule has 0 aliphatic carbocycles. The van der Waals surface area contributed by atoms with Crippen LogP contribution in [0.1, 0.15) is 98.3 Å². The third-order valence-electron chi connectivity index (χ3n) is 6.37. The van der Waals surface area contributed by atoms with E-state index < -0.39 is 5.97 Å². The Balaban J connectivity index is 1.56. The van der Waals surface area contributed by atoms with Crippen molar-refractivity contribution >= 4 is 11.9 Å². The van der Waals surface area contributed by atoms with Gasteiger partial charge >= 0.3 is 5.97 Å². The van der Waals surface area contributed by atoms with E-state index in [1.54, 1.807) is 6.07 Å². The summed E-state index contributed by atoms with van der Waals surface area (Å²) >= 11 is 0. The summed E-state index contributed by atoms with van der Waals surface area (Å²) in [5.41, 5.74) is 1.88. The number of aryl methyl sites for hydroxylation is 1. The average molecular weight is 474 g/mol. The minimum atomic E-state index is -0.878. The molecule has 1 unspecified atom stereocenters. The fourth-order valence-electron chi connectivity index (χ4n) is 4.48. The SMILES string of the molecule is CCCCCCCCNC(=O)c1coc(C2CCCN2Cc2cc(F)ccc2CCC(=O)O)n1. The molecule has 0 spiro atoms. The van der Waals surface area contributed by atoms with Gasteiger partial charge in [0, 0.05) is 19.5 Å². The topological polar surface area (TPSA) is 95.7 Å². The number of benzene rings is 1. The Morgan fingerprint density at radius 1 is 1.21 bits per heavy atom. The number of carbonyl (C=O) groups excluding carboxylic acids is 1. The summed E-state index contributed by atoms with van der Waals surface area (Å²) in [4.78, 5) is 30.0. The standard InChI is InChI=1S/C26H36FN3O4/c1-2-3-4-5-6-7-14-28-25(33)22-18-34-26(29-22)23-9-8-15-30(23)17-20-16-21(27)12-10-19(20)11-13-24(31)32/h10,12,16,18,23H,2-9,11,13-15,17H2,1H3,(H,28,33)(H,31,32). The Morgan fingerprint density at radius 3 is 2.79 bits per heavy atom. The predicted molar refractivity (Wildman–Crippen MR) is 127 cm³/mol. The second-order valence-electron chi connectivity index (χ2n) is 9.03. The first-order valence-corrected chi connectivity index (χ1v) is 12.4. The number of aromatic nitrogens is 1. The fourth-order valence-corrected chi connectivity index (χ4v) is 4.48. The van der Waals surface area contributed by atoms with Crippen LogP contribution in [0, 0.1) is 5.82 Å². The number of rotatable bonds is 14. The summed E-state index contributed by atoms with van der Waals surface area (Å²) < 4.78 is 19.6. The van der Waals surface area contributed by atoms with E-state index in [1.807, 2.05) is 0 Å². The number of carboxylic acids is 1. The highest BCUT2D eigenvalue weighted by molar-refractivity contribution is 5.91. The second-order valence-corrected chi connectivity index (χ2v) is 9.03. The number of aliphatic carboxylic acids is 1. The van der Waals surface area contributed by atoms with Crippen LogP contribution in [0.4, 0.5) is 4.39 Å². The molecule has 0 bridgehead atoms. The molecule has 1 fully saturated rings. The summed E-state index contributed by atoms with van der Waals surface area (Å²) in [6, 6.07) is 4.40. The Labute approximate surface area is 200 Å². The number of carbonyl (C=O) groups is 2. The molecule has 1 atom stereocenters. The number of nitrogens with one attached hydrogen (secondary N) is 1. The lowest BCUT2D eigenvalue weighted by molar-refractivity contribution is -0.136. The molecule has 1 aromatic carbocycles. The Bertz CT molecular complexity index is 946. The molecule has 1 amide bonds. The van der Waals surface area contributed by atoms with Crippen molar-refractivity contribution < 1.29 is 23.5 Å². The molecular weight excluding hydrogens is 437 g/mol. The molecule has 8 heteroatoms. The van der Waals surface area contributed by atoms with Crippen molar-refractivity contribution in [2.75, 3.05) is 13.1 Å². The number of hydrogen-bond acceptors (Lipinski definition) is 5. The lowest BCUT2D eigenvalue weighted by Crippen LogP contribution is -2.26. The van der Waals surface area contributed by atoms with Crippen LogP contribution in [0.3, 0.4) is 0 Å². The van der Waals surface area contributed by atoms with Crippen molar-refractivity contribution in [3.05, 3.63) is 53.0 Å². The first-order chi connectivity index (χ1) is 16.5. The smallest absolute Gasteiger partial charge is 0.303 e. The lowest BCUT2D eigenvalue weighted by Gasteiger charge is -2.23. The zero-order valence-corrected chi connectivity index (χ0v) is 20.0. The summed E-state index contributed by atoms with van der Waals surface area (Å²) in [6.07, 6.45) is 10.5. The van der Waals surface area contributed by atoms with Crippen molar-refractivity contribution in [2.24, 2.45) is 0 Å². The zero-order valence-electron chi connectivity index (χ0n) is 20.0. The van der Waals surface area contributed by atoms with Gasteiger partial charge in [0.2, 0.25) is 5.89 Å². The molecule has 0 saturated carbocycles. The quantitative estimate of drug-likeness (QED) is 0.364. The number of unbranched alkanes of at least 4 members (excludes halogenated alkanes) is 5. The van der Waals surface area contributed by atoms with Crippen molar-refractivity contribution in [1.29, 1.82) is 0 Å². The van der Waals surface area contributed by atoms with Gasteiger partial charge in [-0.1, -0.05) is 45.1 Å². The fraction of sp³-hybridized carbons (Fsp3) is 0.577. The number of oxazole rings is 1. The molecule has 0 radical (unpaired) electrons. The van der Waals surface area contributed by atoms with Crippen molar-refractivity contribution in [3.63, 3.8) is 0 Å². The van der Waals surface area contributed by atoms with E-state index in [4.69, 9.17) is 9.52 Å². The lowest BCUT2D eigenvalue weighted by atomic mass is 10.0. The van der Waals surface area contributed by atoms with Crippen LogP contribution in [0.5, 0.6) is 0 Å². The molecule has 1 saturated heterocycles. The maximum absolute atomic E-state index is 13.9. The third-order valence-corrected chi connectivity index (χ3v) is 6.37. The molecule has 34 heavy (non-hydrogen) atoms. The maximum atomic E-state index is 13.9. The van der Waals surface area contributed by atoms with E-state index in [9.17, 15) is 14.0 Å². The highest BCUT2D eigenvalue weighted by atomic mass is 19.1. The van der Waals surface area contributed by atoms with Gasteiger partial charge in [-0.2, -0.15) is 0 Å². The Hall–Kier alpha value is -2.74. The number of nitrogens with zero attached hydrogens (tertiary/aromatic N) is 2. The minimum absolute atomic E-state index is 0.000980. The molecule has 3 rings (SSSR count). The Morgan fingerprint density at radius 2 is 2.00 bits per heavy atom. The van der Waals surface area contributed by atoms with Crippen molar-refractivity contribution in [1.82, 2.24) is 15.2 Å². The van der Waals surface area contributed by atoms with E-state index in [0.717, 1.165) is 43.4 Å². The first-order valence-electron chi connectivity index (χ1n) is 12.4. The molecule has 1 aromatic heterocycles. The third kappa shape index (κ3) is 7.65. The van der Waals surface area contributed by atoms with E-state index >= 15 is 0 Å². The van der Waals surface area contributed by atoms with Gasteiger partial charge in [-0.25, -0.2) is 9.37 Å². The van der Waals surface area contributed by atoms with Crippen LogP contribution in [0.25, 0.3) is 0 Å². The Kier molecular flexibility index (Phi) is 10.1. The summed E-state index contributed by atoms with van der Waals surface area (Å²) in [5, 5.41) is 11.9. The zero-order chi connectivity index (χ0) is 24.3. The van der Waals surface area contributed by atoms with E-state index in [0.29, 0.717) is 25.4 Å². The van der Waals surface area contributed by atoms with Gasteiger partial charge in [-0.05, 0) is 55.5 Å². The number of likely N-dealkylation sites (tertiary alicyclic amines) is 1. The van der Waals surface area contributed by atoms with Crippen LogP contribution >= 0.6 is 0 Å². The van der Waals surface area contributed by atoms with Crippen LogP contribution in [0.15, 0.2) is 28.9 Å². The molecule has 2 heterocycles. The van der Waals surface area contributed by atoms with Gasteiger partial charge in [0.1, 0.15) is 12.1 Å². The summed E-state index contributed by atoms with van der Waals surface area (Å²) in [7, 11) is 0. The van der Waals surface area contributed by atoms with Gasteiger partial charge in [-0.3, -0.25) is 14.5 Å². The highest BCUT2D eigenvalue weighted by Crippen LogP contribution is 2.33. The van der Waals surface area contributed by atoms with Crippen LogP contribution in [-0.4, -0.2) is 40.0 Å². The molecule has 2 aromatic rings. The van der Waals surface area contributed by atoms with Crippen molar-refractivity contribution in [2.45, 2.75) is 83.7 Å². The molecular formula is C26H36FN3O4. The van der Waals surface area contributed by atoms with Crippen LogP contribution < -0.4 is 5.32 Å². The molecule has 186 valence electrons. The number of hydrogen-bond donors (Lipinski definition) is 2. The van der Waals surface area contributed by atoms with Crippen molar-refractivity contribution in [3.8, 4) is 0 Å². The molecule has 7 nitrogen and oxygen atoms in total. The highest BCUT2D eigenvalue weighted by Gasteiger charge is 2.31.